The molecule has 0 spiro atoms. The van der Waals surface area contributed by atoms with Crippen molar-refractivity contribution in [3.8, 4) is 22.6 Å². The van der Waals surface area contributed by atoms with Gasteiger partial charge in [0.1, 0.15) is 23.7 Å². The maximum absolute atomic E-state index is 13.3. The summed E-state index contributed by atoms with van der Waals surface area (Å²) in [6.45, 7) is 7.23. The summed E-state index contributed by atoms with van der Waals surface area (Å²) in [5.41, 5.74) is 0.960. The maximum Gasteiger partial charge on any atom is 0.573 e. The highest BCUT2D eigenvalue weighted by molar-refractivity contribution is 5.98. The third-order valence-corrected chi connectivity index (χ3v) is 6.17. The zero-order valence-corrected chi connectivity index (χ0v) is 19.4. The first-order chi connectivity index (χ1) is 15.9. The number of alkyl halides is 3. The minimum atomic E-state index is -4.75. The summed E-state index contributed by atoms with van der Waals surface area (Å²) in [4.78, 5) is 26.3. The van der Waals surface area contributed by atoms with Crippen molar-refractivity contribution in [2.24, 2.45) is 0 Å². The highest BCUT2D eigenvalue weighted by Gasteiger charge is 2.38. The molecule has 1 fully saturated rings. The Morgan fingerprint density at radius 2 is 1.71 bits per heavy atom. The second-order valence-electron chi connectivity index (χ2n) is 9.55. The van der Waals surface area contributed by atoms with Gasteiger partial charge in [-0.2, -0.15) is 0 Å². The van der Waals surface area contributed by atoms with Crippen molar-refractivity contribution in [2.45, 2.75) is 57.6 Å². The van der Waals surface area contributed by atoms with Crippen molar-refractivity contribution in [1.82, 2.24) is 4.90 Å². The van der Waals surface area contributed by atoms with Gasteiger partial charge in [-0.05, 0) is 75.4 Å². The smallest absolute Gasteiger partial charge is 0.491 e. The highest BCUT2D eigenvalue weighted by atomic mass is 19.4. The molecule has 1 saturated heterocycles. The van der Waals surface area contributed by atoms with Gasteiger partial charge in [0.25, 0.3) is 5.91 Å². The minimum absolute atomic E-state index is 0.160. The average molecular weight is 479 g/mol. The molecule has 1 atom stereocenters. The number of fused-ring (bicyclic) bond motifs is 1. The predicted molar refractivity (Wildman–Crippen MR) is 118 cm³/mol. The van der Waals surface area contributed by atoms with Gasteiger partial charge in [-0.25, -0.2) is 9.78 Å². The fourth-order valence-electron chi connectivity index (χ4n) is 4.00. The van der Waals surface area contributed by atoms with Gasteiger partial charge >= 0.3 is 6.36 Å². The number of benzene rings is 2. The lowest BCUT2D eigenvalue weighted by Crippen LogP contribution is -2.45. The number of amides is 1. The molecule has 6 nitrogen and oxygen atoms in total. The van der Waals surface area contributed by atoms with Crippen molar-refractivity contribution >= 4 is 5.91 Å². The maximum atomic E-state index is 13.3. The van der Waals surface area contributed by atoms with Gasteiger partial charge in [-0.1, -0.05) is 18.2 Å². The Morgan fingerprint density at radius 1 is 1.00 bits per heavy atom. The Morgan fingerprint density at radius 3 is 2.35 bits per heavy atom. The van der Waals surface area contributed by atoms with Crippen LogP contribution in [-0.4, -0.2) is 48.1 Å². The molecule has 2 aromatic carbocycles. The quantitative estimate of drug-likeness (QED) is 0.511. The van der Waals surface area contributed by atoms with Gasteiger partial charge in [0.05, 0.1) is 17.7 Å². The summed E-state index contributed by atoms with van der Waals surface area (Å²) in [5.74, 6) is 0.0212. The fraction of sp³-hybridized carbons (Fsp3) is 0.480. The zero-order chi connectivity index (χ0) is 24.6. The molecule has 2 aliphatic heterocycles. The van der Waals surface area contributed by atoms with E-state index in [1.807, 2.05) is 20.8 Å². The molecule has 0 bridgehead atoms. The number of hydrogen-bond acceptors (Lipinski definition) is 5. The summed E-state index contributed by atoms with van der Waals surface area (Å²) in [5, 5.41) is 0. The number of hydrogen-bond donors (Lipinski definition) is 0. The van der Waals surface area contributed by atoms with E-state index in [0.717, 1.165) is 12.8 Å². The summed E-state index contributed by atoms with van der Waals surface area (Å²) >= 11 is 0. The first-order valence-electron chi connectivity index (χ1n) is 11.2. The van der Waals surface area contributed by atoms with Gasteiger partial charge in [0.2, 0.25) is 0 Å². The Kier molecular flexibility index (Phi) is 6.52. The fourth-order valence-corrected chi connectivity index (χ4v) is 4.00. The lowest BCUT2D eigenvalue weighted by Gasteiger charge is -2.40. The molecule has 0 aliphatic carbocycles. The van der Waals surface area contributed by atoms with Crippen LogP contribution in [0.1, 0.15) is 50.4 Å². The molecule has 184 valence electrons. The Balaban J connectivity index is 1.48. The van der Waals surface area contributed by atoms with E-state index < -0.39 is 12.0 Å². The largest absolute Gasteiger partial charge is 0.573 e. The summed E-state index contributed by atoms with van der Waals surface area (Å²) < 4.78 is 47.0. The summed E-state index contributed by atoms with van der Waals surface area (Å²) in [6, 6.07) is 10.7. The van der Waals surface area contributed by atoms with Crippen molar-refractivity contribution < 1.29 is 37.2 Å². The van der Waals surface area contributed by atoms with E-state index in [4.69, 9.17) is 14.5 Å². The van der Waals surface area contributed by atoms with Gasteiger partial charge < -0.3 is 14.4 Å². The molecule has 1 unspecified atom stereocenters. The number of rotatable bonds is 5. The molecular formula is C25H28F3NO5. The standard InChI is InChI=1S/C25H28F3NO5/c1-23(2)10-11-24(3,34-33-23)12-13-29-14-15-31-21-9-6-18(16-20(21)22(29)30)17-4-7-19(8-5-17)32-25(26,27)28/h4-9,16H,10-15H2,1-3H3. The van der Waals surface area contributed by atoms with Crippen LogP contribution in [0.4, 0.5) is 13.2 Å². The van der Waals surface area contributed by atoms with Crippen LogP contribution in [0.3, 0.4) is 0 Å². The highest BCUT2D eigenvalue weighted by Crippen LogP contribution is 2.36. The molecule has 9 heteroatoms. The molecule has 2 aromatic rings. The van der Waals surface area contributed by atoms with Crippen molar-refractivity contribution in [1.29, 1.82) is 0 Å². The molecular weight excluding hydrogens is 451 g/mol. The van der Waals surface area contributed by atoms with E-state index in [1.165, 1.54) is 24.3 Å². The van der Waals surface area contributed by atoms with Gasteiger partial charge in [0, 0.05) is 6.54 Å². The number of carbonyl (C=O) groups excluding carboxylic acids is 1. The third kappa shape index (κ3) is 5.82. The molecule has 0 N–H and O–H groups in total. The van der Waals surface area contributed by atoms with Crippen LogP contribution in [0, 0.1) is 0 Å². The number of nitrogens with zero attached hydrogens (tertiary/aromatic N) is 1. The second-order valence-corrected chi connectivity index (χ2v) is 9.55. The Labute approximate surface area is 196 Å². The van der Waals surface area contributed by atoms with E-state index in [-0.39, 0.29) is 17.3 Å². The van der Waals surface area contributed by atoms with E-state index >= 15 is 0 Å². The SMILES string of the molecule is CC1(C)CCC(C)(CCN2CCOc3ccc(-c4ccc(OC(F)(F)F)cc4)cc3C2=O)OO1. The zero-order valence-electron chi connectivity index (χ0n) is 19.4. The lowest BCUT2D eigenvalue weighted by molar-refractivity contribution is -0.430. The number of ether oxygens (including phenoxy) is 2. The second kappa shape index (κ2) is 9.11. The van der Waals surface area contributed by atoms with Crippen LogP contribution in [-0.2, 0) is 9.78 Å². The molecule has 1 amide bonds. The van der Waals surface area contributed by atoms with Crippen LogP contribution in [0.2, 0.25) is 0 Å². The molecule has 2 heterocycles. The van der Waals surface area contributed by atoms with Crippen LogP contribution >= 0.6 is 0 Å². The van der Waals surface area contributed by atoms with E-state index in [0.29, 0.717) is 48.6 Å². The van der Waals surface area contributed by atoms with Crippen molar-refractivity contribution in [3.63, 3.8) is 0 Å². The third-order valence-electron chi connectivity index (χ3n) is 6.17. The van der Waals surface area contributed by atoms with Gasteiger partial charge in [-0.15, -0.1) is 13.2 Å². The molecule has 0 radical (unpaired) electrons. The van der Waals surface area contributed by atoms with Crippen LogP contribution in [0.15, 0.2) is 42.5 Å². The first kappa shape index (κ1) is 24.3. The van der Waals surface area contributed by atoms with Crippen molar-refractivity contribution in [2.75, 3.05) is 19.7 Å². The van der Waals surface area contributed by atoms with Gasteiger partial charge in [0.15, 0.2) is 0 Å². The number of halogens is 3. The van der Waals surface area contributed by atoms with Crippen LogP contribution in [0.25, 0.3) is 11.1 Å². The predicted octanol–water partition coefficient (Wildman–Crippen LogP) is 5.76. The minimum Gasteiger partial charge on any atom is -0.491 e. The molecule has 0 aromatic heterocycles. The first-order valence-corrected chi connectivity index (χ1v) is 11.2. The van der Waals surface area contributed by atoms with E-state index in [2.05, 4.69) is 4.74 Å². The normalized spacial score (nSPS) is 22.5. The van der Waals surface area contributed by atoms with E-state index in [1.54, 1.807) is 23.1 Å². The Bertz CT molecular complexity index is 1030. The van der Waals surface area contributed by atoms with Gasteiger partial charge in [-0.3, -0.25) is 4.79 Å². The lowest BCUT2D eigenvalue weighted by atomic mass is 9.89. The number of carbonyl (C=O) groups is 1. The summed E-state index contributed by atoms with van der Waals surface area (Å²) in [7, 11) is 0. The van der Waals surface area contributed by atoms with Crippen LogP contribution in [0.5, 0.6) is 11.5 Å². The average Bonchev–Trinajstić information content (AvgIpc) is 2.93. The molecule has 34 heavy (non-hydrogen) atoms. The van der Waals surface area contributed by atoms with Crippen molar-refractivity contribution in [3.05, 3.63) is 48.0 Å². The summed E-state index contributed by atoms with van der Waals surface area (Å²) in [6.07, 6.45) is -2.45. The van der Waals surface area contributed by atoms with E-state index in [9.17, 15) is 18.0 Å². The Hall–Kier alpha value is -2.78. The van der Waals surface area contributed by atoms with Crippen LogP contribution < -0.4 is 9.47 Å². The molecule has 0 saturated carbocycles. The topological polar surface area (TPSA) is 57.2 Å². The molecule has 2 aliphatic rings. The molecule has 4 rings (SSSR count). The monoisotopic (exact) mass is 479 g/mol.